The summed E-state index contributed by atoms with van der Waals surface area (Å²) in [6.45, 7) is 76.9. The Kier molecular flexibility index (Phi) is 51.9. The minimum Gasteiger partial charge on any atom is -1.00 e. The molecule has 0 amide bonds. The summed E-state index contributed by atoms with van der Waals surface area (Å²) in [5.74, 6) is 9.17. The van der Waals surface area contributed by atoms with Crippen molar-refractivity contribution in [2.45, 2.75) is 223 Å². The summed E-state index contributed by atoms with van der Waals surface area (Å²) >= 11 is 17.4. The van der Waals surface area contributed by atoms with Gasteiger partial charge in [0.15, 0.2) is 6.29 Å². The van der Waals surface area contributed by atoms with E-state index in [9.17, 15) is 25.2 Å². The zero-order chi connectivity index (χ0) is 93.8. The number of rotatable bonds is 23. The molecule has 678 valence electrons. The molecular weight excluding hydrogens is 2060 g/mol. The molecule has 0 aliphatic heterocycles. The zero-order valence-corrected chi connectivity index (χ0v) is 95.7. The molecule has 1 unspecified atom stereocenters. The molecule has 5 N–H and O–H groups in total. The van der Waals surface area contributed by atoms with Crippen molar-refractivity contribution in [3.8, 4) is 52.6 Å². The van der Waals surface area contributed by atoms with Crippen molar-refractivity contribution in [2.24, 2.45) is 21.7 Å². The number of hydrogen-bond donors (Lipinski definition) is 5. The number of benzene rings is 8. The van der Waals surface area contributed by atoms with Crippen molar-refractivity contribution in [2.75, 3.05) is 6.16 Å². The van der Waals surface area contributed by atoms with E-state index in [0.29, 0.717) is 32.3 Å². The van der Waals surface area contributed by atoms with Crippen molar-refractivity contribution >= 4 is 165 Å². The number of halogens is 7. The van der Waals surface area contributed by atoms with E-state index in [1.54, 1.807) is 54.6 Å². The van der Waals surface area contributed by atoms with Crippen LogP contribution in [0.4, 0.5) is 0 Å². The minimum absolute atomic E-state index is 0. The van der Waals surface area contributed by atoms with Gasteiger partial charge in [-0.15, -0.1) is 31.7 Å². The van der Waals surface area contributed by atoms with Crippen LogP contribution in [0.25, 0.3) is 0 Å². The Morgan fingerprint density at radius 2 is 0.720 bits per heavy atom. The quantitative estimate of drug-likeness (QED) is 0.0106. The van der Waals surface area contributed by atoms with Crippen LogP contribution in [0.1, 0.15) is 181 Å². The van der Waals surface area contributed by atoms with Crippen LogP contribution in [-0.2, 0) is 0 Å². The summed E-state index contributed by atoms with van der Waals surface area (Å²) in [4.78, 5) is 10.2. The van der Waals surface area contributed by atoms with Crippen LogP contribution >= 0.6 is 86.9 Å². The third-order valence-electron chi connectivity index (χ3n) is 22.8. The van der Waals surface area contributed by atoms with E-state index >= 15 is 0 Å². The molecule has 0 aromatic heterocycles. The summed E-state index contributed by atoms with van der Waals surface area (Å²) in [6, 6.07) is 60.7. The number of carbonyl (C=O) groups is 1. The first-order valence-electron chi connectivity index (χ1n) is 41.0. The third kappa shape index (κ3) is 36.0. The molecule has 4 atom stereocenters. The summed E-state index contributed by atoms with van der Waals surface area (Å²) < 4.78 is 23.0. The second kappa shape index (κ2) is 53.1. The summed E-state index contributed by atoms with van der Waals surface area (Å²) in [5.41, 5.74) is 6.36. The predicted octanol–water partition coefficient (Wildman–Crippen LogP) is 24.2. The fraction of sp³-hybridized carbons (Fsp3) is 0.379. The Bertz CT molecular complexity index is 4510. The number of aliphatic hydroxyl groups excluding tert-OH is 3. The average Bonchev–Trinajstić information content (AvgIpc) is 0.753. The van der Waals surface area contributed by atoms with Crippen molar-refractivity contribution in [1.29, 1.82) is 0 Å². The van der Waals surface area contributed by atoms with Crippen LogP contribution in [0.3, 0.4) is 0 Å². The molecule has 0 saturated carbocycles. The van der Waals surface area contributed by atoms with Gasteiger partial charge < -0.3 is 68.2 Å². The first-order valence-corrected chi connectivity index (χ1v) is 59.1. The fourth-order valence-corrected chi connectivity index (χ4v) is 21.5. The summed E-state index contributed by atoms with van der Waals surface area (Å²) in [7, 11) is -8.87. The number of phenolic OH excluding ortho intramolecular Hbond substituents is 2. The third-order valence-corrected chi connectivity index (χ3v) is 45.2. The van der Waals surface area contributed by atoms with Gasteiger partial charge in [0, 0.05) is 21.8 Å². The fourth-order valence-electron chi connectivity index (χ4n) is 10.8. The molecule has 0 spiro atoms. The van der Waals surface area contributed by atoms with E-state index in [-0.39, 0.29) is 84.5 Å². The normalized spacial score (nSPS) is 12.8. The van der Waals surface area contributed by atoms with Crippen molar-refractivity contribution in [1.82, 2.24) is 0 Å². The number of aromatic hydroxyl groups is 2. The molecule has 0 aliphatic rings. The van der Waals surface area contributed by atoms with Gasteiger partial charge in [0.25, 0.3) is 25.0 Å². The van der Waals surface area contributed by atoms with Crippen molar-refractivity contribution in [3.63, 3.8) is 0 Å². The Hall–Kier alpha value is -4.77. The summed E-state index contributed by atoms with van der Waals surface area (Å²) in [5, 5.41) is 54.9. The topological polar surface area (TPSA) is 146 Å². The molecule has 0 radical (unpaired) electrons. The number of hydrogen-bond acceptors (Lipinski definition) is 9. The first-order chi connectivity index (χ1) is 56.1. The Balaban J connectivity index is 0. The van der Waals surface area contributed by atoms with Crippen molar-refractivity contribution in [3.05, 3.63) is 302 Å². The van der Waals surface area contributed by atoms with E-state index < -0.39 is 74.8 Å². The average molecular weight is 2200 g/mol. The van der Waals surface area contributed by atoms with Crippen LogP contribution in [0.15, 0.2) is 267 Å². The molecule has 0 saturated heterocycles. The second-order valence-corrected chi connectivity index (χ2v) is 64.6. The van der Waals surface area contributed by atoms with Gasteiger partial charge in [0.05, 0.1) is 40.7 Å². The van der Waals surface area contributed by atoms with Crippen LogP contribution in [0.5, 0.6) is 28.7 Å². The molecule has 9 nitrogen and oxygen atoms in total. The molecule has 8 aromatic carbocycles. The van der Waals surface area contributed by atoms with Gasteiger partial charge in [-0.25, -0.2) is 19.6 Å². The molecule has 0 heterocycles. The monoisotopic (exact) mass is 2200 g/mol. The van der Waals surface area contributed by atoms with E-state index in [2.05, 4.69) is 381 Å². The minimum atomic E-state index is -1.92. The smallest absolute Gasteiger partial charge is 1.00 e. The van der Waals surface area contributed by atoms with Gasteiger partial charge in [-0.2, -0.15) is 0 Å². The molecule has 8 aromatic rings. The first kappa shape index (κ1) is 122. The van der Waals surface area contributed by atoms with E-state index in [0.717, 1.165) is 48.0 Å². The Morgan fingerprint density at radius 1 is 0.440 bits per heavy atom. The maximum Gasteiger partial charge on any atom is 2.00 e. The maximum absolute atomic E-state index is 10.7. The van der Waals surface area contributed by atoms with Crippen LogP contribution in [0, 0.1) is 52.4 Å². The van der Waals surface area contributed by atoms with Crippen LogP contribution in [-0.4, -0.2) is 94.1 Å². The van der Waals surface area contributed by atoms with Gasteiger partial charge in [0.1, 0.15) is 66.2 Å². The van der Waals surface area contributed by atoms with E-state index in [1.807, 2.05) is 84.0 Å². The van der Waals surface area contributed by atoms with Crippen LogP contribution in [0.2, 0.25) is 74.0 Å². The number of terminal acetylenes is 1. The molecular formula is C103H140Br6ClMgO9PSi4. The largest absolute Gasteiger partial charge is 2.00 e. The Morgan fingerprint density at radius 3 is 1.01 bits per heavy atom. The van der Waals surface area contributed by atoms with E-state index in [4.69, 9.17) is 24.8 Å². The number of aldehydes is 1. The summed E-state index contributed by atoms with van der Waals surface area (Å²) in [6.07, 6.45) is 15.2. The SMILES string of the molecule is C#C/C=C/C(C)(C)[C@H](O)c1cccc(O)c1Br.C=CC(C)(C)C(O)c1cccc(O[Si](C)(C)C(C)(C)C)c1Br.C=CC(C)(C)[C@H](C)c1cccc(O[Si](C)(C)C(C)(C)C)c1Br.C=CC(C)(C)[C@H](O)c1cccc(O[Si](C)(C)C(C)(C)C)c1Br.C=C[CH2-].C[Si](C)(C)C#CC[P+](c1ccccc1)(c1ccccc1)c1ccccc1.O=Cc1cccc(O)c1Br.[Br-].[Cl-].[Mg+2]. The second-order valence-electron chi connectivity index (χ2n) is 38.2. The zero-order valence-electron chi connectivity index (χ0n) is 79.2. The number of aliphatic hydroxyl groups is 3. The standard InChI is InChI=1S/C24H26PSi.C19H31BrOSi.2C18H29BrO2Si.C14H15BrO2.C7H5BrO2.C3H5.BrH.ClH.Mg/c1-26(2,3)21-13-20-25(22-14-7-4-8-15-22,23-16-9-5-10-17-23)24-18-11-6-12-19-24;1-10-19(6,7)14(2)15-12-11-13-16(17(15)20)21-22(8,9)18(3,4)5;2*1-9-18(5,6)16(20)13-11-10-12-14(15(13)19)21-22(7,8)17(2,3)4;1-4-5-9-14(2,3)13(17)10-7-6-8-11(16)12(10)15;8-7-5(4-9)2-1-3-6(7)10;1-3-2;;;/h4-12,14-19H,20H2,1-3H3;10-14H,1H2,2-9H3;2*9-12,16,20H,1H2,2-8H3;1,5-9,13,16-17H,2-3H3;1-4,10H;3H,1-2H2;2*1H;/q+1;;;;;;-1;;;+2/p-2/b;;;;9-5+;;;;;/t;14-;16-;;13-;;;;;/m.11.1...../s1. The Labute approximate surface area is 834 Å². The van der Waals surface area contributed by atoms with Gasteiger partial charge in [-0.1, -0.05) is 296 Å². The number of carbonyl (C=O) groups excluding carboxylic acids is 1. The van der Waals surface area contributed by atoms with Crippen molar-refractivity contribution < 1.29 is 73.0 Å². The van der Waals surface area contributed by atoms with E-state index in [1.165, 1.54) is 33.6 Å². The number of phenols is 2. The van der Waals surface area contributed by atoms with Crippen LogP contribution < -0.4 is 58.6 Å². The molecule has 22 heteroatoms. The molecule has 0 bridgehead atoms. The van der Waals surface area contributed by atoms with Gasteiger partial charge in [-0.05, 0) is 240 Å². The molecule has 0 aliphatic carbocycles. The van der Waals surface area contributed by atoms with Gasteiger partial charge >= 0.3 is 23.1 Å². The molecule has 8 rings (SSSR count). The maximum atomic E-state index is 10.7. The van der Waals surface area contributed by atoms with Gasteiger partial charge in [-0.3, -0.25) is 4.79 Å². The van der Waals surface area contributed by atoms with Gasteiger partial charge in [0.2, 0.25) is 0 Å². The molecule has 125 heavy (non-hydrogen) atoms. The molecule has 0 fully saturated rings. The predicted molar refractivity (Wildman–Crippen MR) is 562 cm³/mol. The number of allylic oxidation sites excluding steroid dienone is 3.